The Hall–Kier alpha value is -1.82. The summed E-state index contributed by atoms with van der Waals surface area (Å²) in [5.41, 5.74) is 2.21. The van der Waals surface area contributed by atoms with Gasteiger partial charge in [0.15, 0.2) is 0 Å². The van der Waals surface area contributed by atoms with Crippen molar-refractivity contribution in [1.29, 1.82) is 0 Å². The molecule has 3 N–H and O–H groups in total. The maximum atomic E-state index is 11.9. The molecule has 0 bridgehead atoms. The van der Waals surface area contributed by atoms with Gasteiger partial charge in [0.1, 0.15) is 0 Å². The van der Waals surface area contributed by atoms with Crippen molar-refractivity contribution in [2.45, 2.75) is 65.0 Å². The molecule has 140 valence electrons. The second kappa shape index (κ2) is 9.61. The van der Waals surface area contributed by atoms with E-state index in [1.54, 1.807) is 0 Å². The summed E-state index contributed by atoms with van der Waals surface area (Å²) in [6.45, 7) is 5.63. The van der Waals surface area contributed by atoms with Gasteiger partial charge in [-0.2, -0.15) is 0 Å². The Morgan fingerprint density at radius 1 is 1.24 bits per heavy atom. The Balaban J connectivity index is 1.65. The molecular weight excluding hydrogens is 316 g/mol. The number of amides is 2. The number of carbonyl (C=O) groups is 1. The van der Waals surface area contributed by atoms with Gasteiger partial charge in [-0.25, -0.2) is 4.79 Å². The molecule has 0 saturated heterocycles. The fourth-order valence-corrected chi connectivity index (χ4v) is 3.57. The normalized spacial score (nSPS) is 15.4. The second-order valence-corrected chi connectivity index (χ2v) is 7.18. The fraction of sp³-hybridized carbons (Fsp3) is 0.684. The van der Waals surface area contributed by atoms with E-state index in [1.807, 2.05) is 19.9 Å². The first-order valence-electron chi connectivity index (χ1n) is 9.38. The van der Waals surface area contributed by atoms with Crippen LogP contribution in [0.25, 0.3) is 0 Å². The van der Waals surface area contributed by atoms with Crippen LogP contribution in [0.3, 0.4) is 0 Å². The molecule has 6 nitrogen and oxygen atoms in total. The van der Waals surface area contributed by atoms with Gasteiger partial charge in [0.2, 0.25) is 0 Å². The number of aromatic amines is 1. The molecule has 2 rings (SSSR count). The molecule has 0 aromatic carbocycles. The lowest BCUT2D eigenvalue weighted by Crippen LogP contribution is -2.39. The van der Waals surface area contributed by atoms with E-state index in [0.29, 0.717) is 18.2 Å². The fourth-order valence-electron chi connectivity index (χ4n) is 3.57. The van der Waals surface area contributed by atoms with Crippen LogP contribution in [-0.4, -0.2) is 42.1 Å². The highest BCUT2D eigenvalue weighted by Gasteiger charge is 2.17. The molecule has 1 aliphatic rings. The maximum Gasteiger partial charge on any atom is 0.315 e. The lowest BCUT2D eigenvalue weighted by atomic mass is 9.94. The third-order valence-corrected chi connectivity index (χ3v) is 5.09. The van der Waals surface area contributed by atoms with Crippen molar-refractivity contribution in [2.75, 3.05) is 20.1 Å². The van der Waals surface area contributed by atoms with E-state index in [1.165, 1.54) is 32.1 Å². The summed E-state index contributed by atoms with van der Waals surface area (Å²) >= 11 is 0. The largest absolute Gasteiger partial charge is 0.338 e. The molecule has 2 amide bonds. The van der Waals surface area contributed by atoms with Crippen LogP contribution in [0.4, 0.5) is 4.79 Å². The molecule has 0 unspecified atom stereocenters. The highest BCUT2D eigenvalue weighted by atomic mass is 16.2. The number of H-pyrrole nitrogens is 1. The minimum Gasteiger partial charge on any atom is -0.338 e. The summed E-state index contributed by atoms with van der Waals surface area (Å²) in [5, 5.41) is 5.64. The third kappa shape index (κ3) is 6.20. The Morgan fingerprint density at radius 2 is 1.96 bits per heavy atom. The van der Waals surface area contributed by atoms with Gasteiger partial charge in [0, 0.05) is 23.8 Å². The summed E-state index contributed by atoms with van der Waals surface area (Å²) in [6.07, 6.45) is 7.59. The van der Waals surface area contributed by atoms with Gasteiger partial charge < -0.3 is 20.5 Å². The van der Waals surface area contributed by atoms with Crippen molar-refractivity contribution in [3.8, 4) is 0 Å². The van der Waals surface area contributed by atoms with E-state index >= 15 is 0 Å². The standard InChI is InChI=1S/C19H32N4O2/c1-14-12-15(2)22-18(24)17(14)13-21-19(25)20-10-7-11-23(3)16-8-5-4-6-9-16/h12,16H,4-11,13H2,1-3H3,(H,22,24)(H2,20,21,25). The third-order valence-electron chi connectivity index (χ3n) is 5.09. The van der Waals surface area contributed by atoms with E-state index in [4.69, 9.17) is 0 Å². The molecule has 1 fully saturated rings. The van der Waals surface area contributed by atoms with Gasteiger partial charge in [-0.1, -0.05) is 19.3 Å². The minimum atomic E-state index is -0.223. The monoisotopic (exact) mass is 348 g/mol. The molecule has 6 heteroatoms. The smallest absolute Gasteiger partial charge is 0.315 e. The number of aryl methyl sites for hydroxylation is 2. The number of nitrogens with zero attached hydrogens (tertiary/aromatic N) is 1. The Bertz CT molecular complexity index is 620. The quantitative estimate of drug-likeness (QED) is 0.662. The predicted octanol–water partition coefficient (Wildman–Crippen LogP) is 2.45. The molecule has 1 aliphatic carbocycles. The zero-order valence-corrected chi connectivity index (χ0v) is 15.8. The van der Waals surface area contributed by atoms with Crippen molar-refractivity contribution in [3.05, 3.63) is 33.2 Å². The summed E-state index contributed by atoms with van der Waals surface area (Å²) in [4.78, 5) is 29.0. The second-order valence-electron chi connectivity index (χ2n) is 7.18. The van der Waals surface area contributed by atoms with Crippen LogP contribution >= 0.6 is 0 Å². The van der Waals surface area contributed by atoms with Crippen LogP contribution < -0.4 is 16.2 Å². The highest BCUT2D eigenvalue weighted by molar-refractivity contribution is 5.73. The van der Waals surface area contributed by atoms with Crippen molar-refractivity contribution < 1.29 is 4.79 Å². The van der Waals surface area contributed by atoms with E-state index in [0.717, 1.165) is 24.2 Å². The van der Waals surface area contributed by atoms with E-state index in [2.05, 4.69) is 27.6 Å². The van der Waals surface area contributed by atoms with Gasteiger partial charge in [0.05, 0.1) is 6.54 Å². The van der Waals surface area contributed by atoms with Crippen molar-refractivity contribution >= 4 is 6.03 Å². The van der Waals surface area contributed by atoms with Gasteiger partial charge in [0.25, 0.3) is 5.56 Å². The topological polar surface area (TPSA) is 77.2 Å². The summed E-state index contributed by atoms with van der Waals surface area (Å²) in [5.74, 6) is 0. The number of carbonyl (C=O) groups excluding carboxylic acids is 1. The minimum absolute atomic E-state index is 0.132. The summed E-state index contributed by atoms with van der Waals surface area (Å²) in [7, 11) is 2.18. The van der Waals surface area contributed by atoms with Crippen LogP contribution in [-0.2, 0) is 6.54 Å². The van der Waals surface area contributed by atoms with Crippen molar-refractivity contribution in [2.24, 2.45) is 0 Å². The number of nitrogens with one attached hydrogen (secondary N) is 3. The number of hydrogen-bond acceptors (Lipinski definition) is 3. The predicted molar refractivity (Wildman–Crippen MR) is 101 cm³/mol. The van der Waals surface area contributed by atoms with E-state index < -0.39 is 0 Å². The Labute approximate surface area is 150 Å². The molecule has 1 aromatic rings. The van der Waals surface area contributed by atoms with Crippen LogP contribution in [0.2, 0.25) is 0 Å². The van der Waals surface area contributed by atoms with Crippen molar-refractivity contribution in [3.63, 3.8) is 0 Å². The first-order valence-corrected chi connectivity index (χ1v) is 9.38. The number of rotatable bonds is 7. The average molecular weight is 348 g/mol. The first kappa shape index (κ1) is 19.5. The average Bonchev–Trinajstić information content (AvgIpc) is 2.58. The maximum absolute atomic E-state index is 11.9. The molecule has 25 heavy (non-hydrogen) atoms. The molecule has 1 aromatic heterocycles. The van der Waals surface area contributed by atoms with Gasteiger partial charge in [-0.15, -0.1) is 0 Å². The molecule has 1 saturated carbocycles. The first-order chi connectivity index (χ1) is 12.0. The van der Waals surface area contributed by atoms with Crippen LogP contribution in [0.15, 0.2) is 10.9 Å². The number of aromatic nitrogens is 1. The number of urea groups is 1. The Morgan fingerprint density at radius 3 is 2.64 bits per heavy atom. The van der Waals surface area contributed by atoms with Crippen LogP contribution in [0.5, 0.6) is 0 Å². The zero-order valence-electron chi connectivity index (χ0n) is 15.8. The molecule has 0 radical (unpaired) electrons. The van der Waals surface area contributed by atoms with E-state index in [-0.39, 0.29) is 18.1 Å². The SMILES string of the molecule is Cc1cc(C)c(CNC(=O)NCCCN(C)C2CCCCC2)c(=O)[nH]1. The molecule has 1 heterocycles. The highest BCUT2D eigenvalue weighted by Crippen LogP contribution is 2.21. The van der Waals surface area contributed by atoms with Crippen LogP contribution in [0.1, 0.15) is 55.3 Å². The Kier molecular flexibility index (Phi) is 7.50. The van der Waals surface area contributed by atoms with Gasteiger partial charge >= 0.3 is 6.03 Å². The molecule has 0 atom stereocenters. The van der Waals surface area contributed by atoms with Gasteiger partial charge in [-0.3, -0.25) is 4.79 Å². The zero-order chi connectivity index (χ0) is 18.2. The van der Waals surface area contributed by atoms with Crippen LogP contribution in [0, 0.1) is 13.8 Å². The number of hydrogen-bond donors (Lipinski definition) is 3. The molecular formula is C19H32N4O2. The molecule has 0 aliphatic heterocycles. The van der Waals surface area contributed by atoms with E-state index in [9.17, 15) is 9.59 Å². The molecule has 0 spiro atoms. The lowest BCUT2D eigenvalue weighted by Gasteiger charge is -2.31. The summed E-state index contributed by atoms with van der Waals surface area (Å²) in [6, 6.07) is 2.40. The van der Waals surface area contributed by atoms with Gasteiger partial charge in [-0.05, 0) is 58.3 Å². The number of pyridine rings is 1. The van der Waals surface area contributed by atoms with Crippen molar-refractivity contribution in [1.82, 2.24) is 20.5 Å². The summed E-state index contributed by atoms with van der Waals surface area (Å²) < 4.78 is 0. The lowest BCUT2D eigenvalue weighted by molar-refractivity contribution is 0.189.